The van der Waals surface area contributed by atoms with Crippen LogP contribution in [0.4, 0.5) is 0 Å². The molecule has 5 heteroatoms. The van der Waals surface area contributed by atoms with Crippen LogP contribution in [0.15, 0.2) is 60.7 Å². The second kappa shape index (κ2) is 5.34. The van der Waals surface area contributed by atoms with Crippen molar-refractivity contribution in [2.24, 2.45) is 0 Å². The predicted octanol–water partition coefficient (Wildman–Crippen LogP) is 1.94. The molecule has 0 saturated heterocycles. The third-order valence-electron chi connectivity index (χ3n) is 1.99. The molecule has 0 atom stereocenters. The summed E-state index contributed by atoms with van der Waals surface area (Å²) in [5.41, 5.74) is 0. The second-order valence-electron chi connectivity index (χ2n) is 3.38. The van der Waals surface area contributed by atoms with Crippen LogP contribution >= 0.6 is 0 Å². The molecule has 0 spiro atoms. The molecule has 0 aromatic heterocycles. The fourth-order valence-corrected chi connectivity index (χ4v) is 2.75. The van der Waals surface area contributed by atoms with Gasteiger partial charge in [0.2, 0.25) is 0 Å². The Hall–Kier alpha value is -1.33. The Morgan fingerprint density at radius 1 is 0.647 bits per heavy atom. The molecule has 0 heterocycles. The Kier molecular flexibility index (Phi) is 3.81. The van der Waals surface area contributed by atoms with Crippen LogP contribution in [0, 0.1) is 0 Å². The Labute approximate surface area is 104 Å². The summed E-state index contributed by atoms with van der Waals surface area (Å²) in [7, 11) is 0. The molecular weight excluding hydrogens is 256 g/mol. The van der Waals surface area contributed by atoms with E-state index in [0.29, 0.717) is 11.5 Å². The third kappa shape index (κ3) is 3.87. The van der Waals surface area contributed by atoms with Crippen molar-refractivity contribution in [3.63, 3.8) is 0 Å². The summed E-state index contributed by atoms with van der Waals surface area (Å²) < 4.78 is 29.6. The van der Waals surface area contributed by atoms with Gasteiger partial charge in [-0.05, 0) is 0 Å². The summed E-state index contributed by atoms with van der Waals surface area (Å²) in [4.78, 5) is 0. The average Bonchev–Trinajstić information content (AvgIpc) is 2.30. The van der Waals surface area contributed by atoms with Crippen molar-refractivity contribution in [3.8, 4) is 11.5 Å². The molecule has 4 nitrogen and oxygen atoms in total. The maximum absolute atomic E-state index is 9.72. The Morgan fingerprint density at radius 2 is 1.00 bits per heavy atom. The van der Waals surface area contributed by atoms with Crippen LogP contribution in [0.1, 0.15) is 0 Å². The van der Waals surface area contributed by atoms with E-state index >= 15 is 0 Å². The van der Waals surface area contributed by atoms with E-state index < -0.39 is 18.1 Å². The molecule has 0 saturated carbocycles. The Morgan fingerprint density at radius 3 is 1.35 bits per heavy atom. The van der Waals surface area contributed by atoms with Gasteiger partial charge in [0.15, 0.2) is 0 Å². The normalized spacial score (nSPS) is 10.9. The topological polar surface area (TPSA) is 58.9 Å². The molecular formula is C12H12O4Ti. The van der Waals surface area contributed by atoms with E-state index in [0.717, 1.165) is 0 Å². The molecule has 88 valence electrons. The van der Waals surface area contributed by atoms with Crippen molar-refractivity contribution in [2.45, 2.75) is 0 Å². The fraction of sp³-hybridized carbons (Fsp3) is 0. The predicted molar refractivity (Wildman–Crippen MR) is 58.6 cm³/mol. The molecule has 0 fully saturated rings. The van der Waals surface area contributed by atoms with Crippen molar-refractivity contribution in [3.05, 3.63) is 60.7 Å². The van der Waals surface area contributed by atoms with Gasteiger partial charge in [-0.25, -0.2) is 0 Å². The van der Waals surface area contributed by atoms with Crippen molar-refractivity contribution in [2.75, 3.05) is 0 Å². The summed E-state index contributed by atoms with van der Waals surface area (Å²) >= 11 is -4.71. The molecule has 17 heavy (non-hydrogen) atoms. The standard InChI is InChI=1S/2C6H6O.2H2O.Ti/c2*7-6-4-2-1-3-5-6;;;/h2*1-5,7H;2*1H2;/q;;;;+4/p-4. The van der Waals surface area contributed by atoms with Gasteiger partial charge in [0.25, 0.3) is 0 Å². The molecule has 2 aromatic carbocycles. The average molecular weight is 268 g/mol. The summed E-state index contributed by atoms with van der Waals surface area (Å²) in [5, 5.41) is 0. The number of para-hydroxylation sites is 2. The van der Waals surface area contributed by atoms with Gasteiger partial charge < -0.3 is 0 Å². The molecule has 0 aliphatic heterocycles. The first-order valence-electron chi connectivity index (χ1n) is 5.09. The van der Waals surface area contributed by atoms with E-state index in [1.807, 2.05) is 12.1 Å². The van der Waals surface area contributed by atoms with Gasteiger partial charge in [-0.1, -0.05) is 0 Å². The fourth-order valence-electron chi connectivity index (χ4n) is 1.30. The molecule has 2 N–H and O–H groups in total. The molecule has 0 aliphatic rings. The van der Waals surface area contributed by atoms with Crippen molar-refractivity contribution in [1.29, 1.82) is 0 Å². The summed E-state index contributed by atoms with van der Waals surface area (Å²) in [6, 6.07) is 17.2. The zero-order chi connectivity index (χ0) is 12.1. The van der Waals surface area contributed by atoms with E-state index in [1.165, 1.54) is 0 Å². The molecule has 0 amide bonds. The van der Waals surface area contributed by atoms with E-state index in [1.54, 1.807) is 48.5 Å². The van der Waals surface area contributed by atoms with Gasteiger partial charge in [0, 0.05) is 0 Å². The molecule has 0 aliphatic carbocycles. The molecule has 0 bridgehead atoms. The van der Waals surface area contributed by atoms with Crippen LogP contribution < -0.4 is 6.64 Å². The van der Waals surface area contributed by atoms with Crippen LogP contribution in [0.3, 0.4) is 0 Å². The van der Waals surface area contributed by atoms with E-state index in [-0.39, 0.29) is 0 Å². The van der Waals surface area contributed by atoms with Crippen molar-refractivity contribution in [1.82, 2.24) is 0 Å². The summed E-state index contributed by atoms with van der Waals surface area (Å²) in [6.45, 7) is 0. The molecule has 0 radical (unpaired) electrons. The number of hydrogen-bond donors (Lipinski definition) is 2. The second-order valence-corrected chi connectivity index (χ2v) is 5.73. The number of benzene rings is 2. The minimum absolute atomic E-state index is 0.383. The van der Waals surface area contributed by atoms with Crippen molar-refractivity contribution >= 4 is 0 Å². The third-order valence-corrected chi connectivity index (χ3v) is 3.55. The van der Waals surface area contributed by atoms with Crippen LogP contribution in [0.5, 0.6) is 11.5 Å². The SMILES string of the molecule is [OH][Ti]([OH])([O]c1ccccc1)[O]c1ccccc1. The Bertz CT molecular complexity index is 415. The van der Waals surface area contributed by atoms with E-state index in [2.05, 4.69) is 0 Å². The van der Waals surface area contributed by atoms with E-state index in [4.69, 9.17) is 6.64 Å². The van der Waals surface area contributed by atoms with Gasteiger partial charge in [-0.3, -0.25) is 0 Å². The van der Waals surface area contributed by atoms with Gasteiger partial charge in [0.1, 0.15) is 0 Å². The van der Waals surface area contributed by atoms with Crippen LogP contribution in [-0.2, 0) is 18.1 Å². The van der Waals surface area contributed by atoms with Crippen LogP contribution in [0.2, 0.25) is 0 Å². The monoisotopic (exact) mass is 268 g/mol. The molecule has 0 unspecified atom stereocenters. The van der Waals surface area contributed by atoms with Gasteiger partial charge in [0.05, 0.1) is 0 Å². The van der Waals surface area contributed by atoms with Crippen molar-refractivity contribution < 1.29 is 32.2 Å². The number of rotatable bonds is 4. The first-order valence-corrected chi connectivity index (χ1v) is 7.76. The summed E-state index contributed by atoms with van der Waals surface area (Å²) in [6.07, 6.45) is 0. The minimum atomic E-state index is -4.71. The zero-order valence-electron chi connectivity index (χ0n) is 8.98. The van der Waals surface area contributed by atoms with Gasteiger partial charge in [-0.15, -0.1) is 0 Å². The van der Waals surface area contributed by atoms with Gasteiger partial charge >= 0.3 is 104 Å². The van der Waals surface area contributed by atoms with Crippen LogP contribution in [0.25, 0.3) is 0 Å². The number of hydrogen-bond acceptors (Lipinski definition) is 4. The van der Waals surface area contributed by atoms with Gasteiger partial charge in [-0.2, -0.15) is 0 Å². The Balaban J connectivity index is 2.04. The molecule has 2 aromatic rings. The molecule has 2 rings (SSSR count). The quantitative estimate of drug-likeness (QED) is 0.832. The maximum atomic E-state index is 9.72. The summed E-state index contributed by atoms with van der Waals surface area (Å²) in [5.74, 6) is 0.766. The van der Waals surface area contributed by atoms with E-state index in [9.17, 15) is 7.38 Å². The zero-order valence-corrected chi connectivity index (χ0v) is 10.5. The first-order chi connectivity index (χ1) is 8.16. The van der Waals surface area contributed by atoms with Crippen LogP contribution in [-0.4, -0.2) is 7.38 Å². The first kappa shape index (κ1) is 12.1.